The van der Waals surface area contributed by atoms with E-state index in [2.05, 4.69) is 6.58 Å². The highest BCUT2D eigenvalue weighted by molar-refractivity contribution is 4.91. The summed E-state index contributed by atoms with van der Waals surface area (Å²) in [6.07, 6.45) is 4.24. The van der Waals surface area contributed by atoms with Crippen LogP contribution in [-0.2, 0) is 0 Å². The van der Waals surface area contributed by atoms with Crippen LogP contribution in [0.15, 0.2) is 24.4 Å². The molecule has 3 nitrogen and oxygen atoms in total. The molecule has 0 amide bonds. The second kappa shape index (κ2) is 4.66. The van der Waals surface area contributed by atoms with Gasteiger partial charge in [0, 0.05) is 6.42 Å². The second-order valence-corrected chi connectivity index (χ2v) is 2.53. The lowest BCUT2D eigenvalue weighted by Crippen LogP contribution is -2.01. The van der Waals surface area contributed by atoms with E-state index < -0.39 is 4.92 Å². The van der Waals surface area contributed by atoms with E-state index in [-0.39, 0.29) is 11.6 Å². The number of rotatable bonds is 4. The molecule has 0 spiro atoms. The number of allylic oxidation sites excluding steroid dienone is 3. The topological polar surface area (TPSA) is 43.1 Å². The molecule has 0 aliphatic heterocycles. The summed E-state index contributed by atoms with van der Waals surface area (Å²) in [4.78, 5) is 9.69. The molecule has 0 radical (unpaired) electrons. The lowest BCUT2D eigenvalue weighted by atomic mass is 10.1. The Morgan fingerprint density at radius 3 is 2.73 bits per heavy atom. The molecule has 1 atom stereocenters. The summed E-state index contributed by atoms with van der Waals surface area (Å²) in [6, 6.07) is 0. The highest BCUT2D eigenvalue weighted by Crippen LogP contribution is 2.10. The van der Waals surface area contributed by atoms with Gasteiger partial charge >= 0.3 is 0 Å². The van der Waals surface area contributed by atoms with Crippen LogP contribution in [0.3, 0.4) is 0 Å². The lowest BCUT2D eigenvalue weighted by Gasteiger charge is -2.01. The van der Waals surface area contributed by atoms with Gasteiger partial charge in [0.15, 0.2) is 0 Å². The molecule has 0 saturated heterocycles. The van der Waals surface area contributed by atoms with Crippen LogP contribution in [0, 0.1) is 16.0 Å². The normalized spacial score (nSPS) is 13.3. The molecule has 0 rings (SSSR count). The quantitative estimate of drug-likeness (QED) is 0.355. The first-order valence-electron chi connectivity index (χ1n) is 3.53. The zero-order chi connectivity index (χ0) is 8.85. The van der Waals surface area contributed by atoms with Gasteiger partial charge in [0.25, 0.3) is 0 Å². The zero-order valence-corrected chi connectivity index (χ0v) is 6.91. The van der Waals surface area contributed by atoms with Gasteiger partial charge < -0.3 is 0 Å². The Morgan fingerprint density at radius 1 is 1.82 bits per heavy atom. The van der Waals surface area contributed by atoms with Gasteiger partial charge in [-0.15, -0.1) is 0 Å². The number of hydrogen-bond acceptors (Lipinski definition) is 2. The molecule has 0 aromatic rings. The summed E-state index contributed by atoms with van der Waals surface area (Å²) < 4.78 is 0. The monoisotopic (exact) mass is 155 g/mol. The number of hydrogen-bond donors (Lipinski definition) is 0. The van der Waals surface area contributed by atoms with Crippen molar-refractivity contribution in [3.8, 4) is 0 Å². The molecule has 0 saturated carbocycles. The van der Waals surface area contributed by atoms with E-state index >= 15 is 0 Å². The first kappa shape index (κ1) is 9.88. The molecular formula is C8H13NO2. The molecule has 0 heterocycles. The second-order valence-electron chi connectivity index (χ2n) is 2.53. The Kier molecular flexibility index (Phi) is 4.18. The summed E-state index contributed by atoms with van der Waals surface area (Å²) in [5.41, 5.74) is 0.0793. The van der Waals surface area contributed by atoms with Crippen molar-refractivity contribution in [3.05, 3.63) is 34.5 Å². The number of nitro groups is 1. The van der Waals surface area contributed by atoms with Gasteiger partial charge in [0.2, 0.25) is 5.70 Å². The molecule has 0 bridgehead atoms. The average Bonchev–Trinajstić information content (AvgIpc) is 1.87. The molecule has 0 aromatic carbocycles. The third-order valence-corrected chi connectivity index (χ3v) is 1.34. The van der Waals surface area contributed by atoms with Crippen molar-refractivity contribution in [1.29, 1.82) is 0 Å². The Bertz CT molecular complexity index is 185. The van der Waals surface area contributed by atoms with E-state index in [9.17, 15) is 10.1 Å². The van der Waals surface area contributed by atoms with Crippen molar-refractivity contribution in [2.45, 2.75) is 20.3 Å². The van der Waals surface area contributed by atoms with Crippen LogP contribution in [0.5, 0.6) is 0 Å². The van der Waals surface area contributed by atoms with Gasteiger partial charge in [-0.05, 0) is 19.4 Å². The summed E-state index contributed by atoms with van der Waals surface area (Å²) in [6.45, 7) is 7.16. The minimum absolute atomic E-state index is 0.0793. The van der Waals surface area contributed by atoms with Gasteiger partial charge in [0.1, 0.15) is 0 Å². The summed E-state index contributed by atoms with van der Waals surface area (Å²) >= 11 is 0. The van der Waals surface area contributed by atoms with Crippen LogP contribution in [0.4, 0.5) is 0 Å². The van der Waals surface area contributed by atoms with E-state index in [1.165, 1.54) is 0 Å². The molecule has 0 fully saturated rings. The lowest BCUT2D eigenvalue weighted by molar-refractivity contribution is -0.427. The fourth-order valence-corrected chi connectivity index (χ4v) is 0.843. The van der Waals surface area contributed by atoms with Gasteiger partial charge in [0.05, 0.1) is 4.92 Å². The zero-order valence-electron chi connectivity index (χ0n) is 6.91. The molecule has 3 heteroatoms. The van der Waals surface area contributed by atoms with Crippen LogP contribution in [-0.4, -0.2) is 4.92 Å². The fraction of sp³-hybridized carbons (Fsp3) is 0.500. The van der Waals surface area contributed by atoms with Crippen LogP contribution < -0.4 is 0 Å². The maximum absolute atomic E-state index is 10.1. The standard InChI is InChI=1S/C8H13NO2/c1-4-5-7(2)6-8(3)9(10)11/h4-5,7H,3,6H2,1-2H3/b5-4-. The van der Waals surface area contributed by atoms with E-state index in [0.29, 0.717) is 6.42 Å². The first-order valence-corrected chi connectivity index (χ1v) is 3.53. The van der Waals surface area contributed by atoms with Crippen molar-refractivity contribution in [3.63, 3.8) is 0 Å². The Balaban J connectivity index is 3.85. The predicted molar refractivity (Wildman–Crippen MR) is 44.7 cm³/mol. The van der Waals surface area contributed by atoms with Crippen molar-refractivity contribution in [1.82, 2.24) is 0 Å². The molecule has 0 N–H and O–H groups in total. The minimum Gasteiger partial charge on any atom is -0.259 e. The Morgan fingerprint density at radius 2 is 2.36 bits per heavy atom. The Labute approximate surface area is 66.6 Å². The highest BCUT2D eigenvalue weighted by atomic mass is 16.6. The fourth-order valence-electron chi connectivity index (χ4n) is 0.843. The average molecular weight is 155 g/mol. The number of nitrogens with zero attached hydrogens (tertiary/aromatic N) is 1. The van der Waals surface area contributed by atoms with E-state index in [1.807, 2.05) is 26.0 Å². The van der Waals surface area contributed by atoms with Crippen molar-refractivity contribution < 1.29 is 4.92 Å². The first-order chi connectivity index (χ1) is 5.07. The van der Waals surface area contributed by atoms with Crippen molar-refractivity contribution in [2.75, 3.05) is 0 Å². The van der Waals surface area contributed by atoms with Crippen LogP contribution in [0.1, 0.15) is 20.3 Å². The van der Waals surface area contributed by atoms with E-state index in [1.54, 1.807) is 0 Å². The molecule has 11 heavy (non-hydrogen) atoms. The SMILES string of the molecule is C=C(CC(C)/C=C\C)[N+](=O)[O-]. The maximum Gasteiger partial charge on any atom is 0.239 e. The molecule has 0 aliphatic rings. The largest absolute Gasteiger partial charge is 0.259 e. The van der Waals surface area contributed by atoms with Gasteiger partial charge in [-0.1, -0.05) is 19.1 Å². The van der Waals surface area contributed by atoms with Crippen LogP contribution >= 0.6 is 0 Å². The summed E-state index contributed by atoms with van der Waals surface area (Å²) in [5, 5.41) is 10.1. The molecule has 0 aliphatic carbocycles. The smallest absolute Gasteiger partial charge is 0.239 e. The van der Waals surface area contributed by atoms with E-state index in [0.717, 1.165) is 0 Å². The third-order valence-electron chi connectivity index (χ3n) is 1.34. The summed E-state index contributed by atoms with van der Waals surface area (Å²) in [5.74, 6) is 0.206. The van der Waals surface area contributed by atoms with Gasteiger partial charge in [-0.2, -0.15) is 0 Å². The highest BCUT2D eigenvalue weighted by Gasteiger charge is 2.09. The van der Waals surface area contributed by atoms with Crippen LogP contribution in [0.25, 0.3) is 0 Å². The minimum atomic E-state index is -0.431. The van der Waals surface area contributed by atoms with E-state index in [4.69, 9.17) is 0 Å². The molecule has 62 valence electrons. The van der Waals surface area contributed by atoms with Crippen molar-refractivity contribution >= 4 is 0 Å². The third kappa shape index (κ3) is 4.31. The predicted octanol–water partition coefficient (Wildman–Crippen LogP) is 2.38. The molecular weight excluding hydrogens is 142 g/mol. The Hall–Kier alpha value is -1.12. The van der Waals surface area contributed by atoms with Gasteiger partial charge in [-0.25, -0.2) is 0 Å². The summed E-state index contributed by atoms with van der Waals surface area (Å²) in [7, 11) is 0. The van der Waals surface area contributed by atoms with Gasteiger partial charge in [-0.3, -0.25) is 10.1 Å². The molecule has 1 unspecified atom stereocenters. The van der Waals surface area contributed by atoms with Crippen LogP contribution in [0.2, 0.25) is 0 Å². The van der Waals surface area contributed by atoms with Crippen molar-refractivity contribution in [2.24, 2.45) is 5.92 Å². The maximum atomic E-state index is 10.1. The molecule has 0 aromatic heterocycles.